The van der Waals surface area contributed by atoms with E-state index in [4.69, 9.17) is 0 Å². The molecule has 118 valence electrons. The van der Waals surface area contributed by atoms with Crippen molar-refractivity contribution in [1.82, 2.24) is 10.6 Å². The van der Waals surface area contributed by atoms with Crippen LogP contribution < -0.4 is 15.5 Å². The summed E-state index contributed by atoms with van der Waals surface area (Å²) in [5.74, 6) is -1.50. The first-order chi connectivity index (χ1) is 10.5. The van der Waals surface area contributed by atoms with Gasteiger partial charge in [-0.25, -0.2) is 0 Å². The van der Waals surface area contributed by atoms with Gasteiger partial charge in [0.15, 0.2) is 0 Å². The molecule has 1 aromatic rings. The molecule has 1 aromatic carbocycles. The number of hydrogen-bond acceptors (Lipinski definition) is 4. The van der Waals surface area contributed by atoms with Crippen molar-refractivity contribution in [3.8, 4) is 0 Å². The van der Waals surface area contributed by atoms with E-state index in [1.165, 1.54) is 17.3 Å². The Labute approximate surface area is 129 Å². The Kier molecular flexibility index (Phi) is 5.16. The number of likely N-dealkylation sites (N-methyl/N-ethyl adjacent to an activating group) is 1. The number of anilines is 1. The maximum Gasteiger partial charge on any atom is 0.309 e. The molecule has 6 heteroatoms. The third-order valence-corrected chi connectivity index (χ3v) is 3.69. The maximum atomic E-state index is 11.5. The van der Waals surface area contributed by atoms with E-state index in [0.29, 0.717) is 0 Å². The minimum absolute atomic E-state index is 0.00499. The highest BCUT2D eigenvalue weighted by atomic mass is 16.3. The molecule has 3 N–H and O–H groups in total. The fourth-order valence-corrected chi connectivity index (χ4v) is 2.43. The molecule has 6 nitrogen and oxygen atoms in total. The molecule has 0 spiro atoms. The van der Waals surface area contributed by atoms with Crippen molar-refractivity contribution >= 4 is 17.5 Å². The normalized spacial score (nSPS) is 14.2. The maximum absolute atomic E-state index is 11.5. The largest absolute Gasteiger partial charge is 0.387 e. The van der Waals surface area contributed by atoms with E-state index in [9.17, 15) is 14.7 Å². The molecule has 1 atom stereocenters. The lowest BCUT2D eigenvalue weighted by molar-refractivity contribution is -0.139. The molecule has 0 saturated heterocycles. The van der Waals surface area contributed by atoms with Crippen molar-refractivity contribution in [2.45, 2.75) is 12.5 Å². The summed E-state index contributed by atoms with van der Waals surface area (Å²) in [6, 6.07) is 5.77. The van der Waals surface area contributed by atoms with Gasteiger partial charge in [-0.1, -0.05) is 18.2 Å². The van der Waals surface area contributed by atoms with Crippen molar-refractivity contribution < 1.29 is 14.7 Å². The van der Waals surface area contributed by atoms with E-state index in [2.05, 4.69) is 22.1 Å². The van der Waals surface area contributed by atoms with E-state index in [-0.39, 0.29) is 13.1 Å². The molecular weight excluding hydrogens is 282 g/mol. The zero-order valence-electron chi connectivity index (χ0n) is 12.6. The van der Waals surface area contributed by atoms with E-state index in [1.807, 2.05) is 25.2 Å². The van der Waals surface area contributed by atoms with E-state index in [0.717, 1.165) is 18.5 Å². The van der Waals surface area contributed by atoms with Gasteiger partial charge in [0.25, 0.3) is 0 Å². The zero-order valence-corrected chi connectivity index (χ0v) is 12.6. The first-order valence-electron chi connectivity index (χ1n) is 7.22. The van der Waals surface area contributed by atoms with Crippen LogP contribution in [0.4, 0.5) is 5.69 Å². The summed E-state index contributed by atoms with van der Waals surface area (Å²) in [6.07, 6.45) is 1.59. The molecule has 0 aromatic heterocycles. The van der Waals surface area contributed by atoms with E-state index < -0.39 is 17.9 Å². The van der Waals surface area contributed by atoms with Crippen molar-refractivity contribution in [3.05, 3.63) is 42.0 Å². The van der Waals surface area contributed by atoms with Crippen molar-refractivity contribution in [3.63, 3.8) is 0 Å². The number of nitrogens with one attached hydrogen (secondary N) is 2. The molecule has 1 heterocycles. The van der Waals surface area contributed by atoms with E-state index in [1.54, 1.807) is 0 Å². The van der Waals surface area contributed by atoms with Crippen LogP contribution >= 0.6 is 0 Å². The smallest absolute Gasteiger partial charge is 0.309 e. The van der Waals surface area contributed by atoms with Crippen molar-refractivity contribution in [2.75, 3.05) is 31.6 Å². The second kappa shape index (κ2) is 7.09. The first-order valence-corrected chi connectivity index (χ1v) is 7.22. The Hall–Kier alpha value is -2.34. The average Bonchev–Trinajstić information content (AvgIpc) is 2.90. The molecule has 0 aliphatic carbocycles. The van der Waals surface area contributed by atoms with Gasteiger partial charge in [0, 0.05) is 32.4 Å². The van der Waals surface area contributed by atoms with Crippen LogP contribution in [-0.4, -0.2) is 43.6 Å². The van der Waals surface area contributed by atoms with Gasteiger partial charge >= 0.3 is 11.8 Å². The molecule has 0 saturated carbocycles. The molecule has 2 amide bonds. The summed E-state index contributed by atoms with van der Waals surface area (Å²) in [5.41, 5.74) is 3.10. The molecule has 1 unspecified atom stereocenters. The number of benzene rings is 1. The number of aliphatic hydroxyl groups is 1. The van der Waals surface area contributed by atoms with Crippen LogP contribution in [0, 0.1) is 0 Å². The third-order valence-electron chi connectivity index (χ3n) is 3.69. The molecule has 1 aliphatic heterocycles. The molecule has 0 bridgehead atoms. The Morgan fingerprint density at radius 1 is 1.41 bits per heavy atom. The number of amides is 2. The van der Waals surface area contributed by atoms with Crippen LogP contribution in [-0.2, 0) is 16.0 Å². The molecule has 0 fully saturated rings. The van der Waals surface area contributed by atoms with Gasteiger partial charge in [-0.15, -0.1) is 6.58 Å². The van der Waals surface area contributed by atoms with Crippen LogP contribution in [0.15, 0.2) is 30.9 Å². The summed E-state index contributed by atoms with van der Waals surface area (Å²) in [4.78, 5) is 25.1. The lowest BCUT2D eigenvalue weighted by atomic mass is 10.0. The highest BCUT2D eigenvalue weighted by molar-refractivity contribution is 6.35. The minimum atomic E-state index is -0.840. The van der Waals surface area contributed by atoms with Crippen LogP contribution in [0.3, 0.4) is 0 Å². The molecule has 2 rings (SSSR count). The number of nitrogens with zero attached hydrogens (tertiary/aromatic N) is 1. The summed E-state index contributed by atoms with van der Waals surface area (Å²) in [5, 5.41) is 14.9. The minimum Gasteiger partial charge on any atom is -0.387 e. The van der Waals surface area contributed by atoms with Gasteiger partial charge in [-0.3, -0.25) is 9.59 Å². The molecule has 1 aliphatic rings. The predicted molar refractivity (Wildman–Crippen MR) is 84.6 cm³/mol. The van der Waals surface area contributed by atoms with Gasteiger partial charge in [-0.05, 0) is 23.6 Å². The van der Waals surface area contributed by atoms with Gasteiger partial charge in [0.1, 0.15) is 0 Å². The predicted octanol–water partition coefficient (Wildman–Crippen LogP) is 0.131. The number of carbonyl (C=O) groups excluding carboxylic acids is 2. The number of aliphatic hydroxyl groups excluding tert-OH is 1. The number of carbonyl (C=O) groups is 2. The monoisotopic (exact) mass is 303 g/mol. The summed E-state index contributed by atoms with van der Waals surface area (Å²) < 4.78 is 0. The van der Waals surface area contributed by atoms with Crippen LogP contribution in [0.5, 0.6) is 0 Å². The standard InChI is InChI=1S/C16H21N3O3/c1-3-7-17-15(21)16(22)18-10-14(20)12-4-5-13-11(9-12)6-8-19(13)2/h3-5,9,14,20H,1,6-8,10H2,2H3,(H,17,21)(H,18,22). The van der Waals surface area contributed by atoms with Crippen LogP contribution in [0.25, 0.3) is 0 Å². The number of rotatable bonds is 5. The van der Waals surface area contributed by atoms with Crippen LogP contribution in [0.2, 0.25) is 0 Å². The Morgan fingerprint density at radius 3 is 2.86 bits per heavy atom. The van der Waals surface area contributed by atoms with E-state index >= 15 is 0 Å². The number of hydrogen-bond donors (Lipinski definition) is 3. The zero-order chi connectivity index (χ0) is 16.1. The highest BCUT2D eigenvalue weighted by Gasteiger charge is 2.19. The second-order valence-corrected chi connectivity index (χ2v) is 5.28. The topological polar surface area (TPSA) is 81.7 Å². The fraction of sp³-hybridized carbons (Fsp3) is 0.375. The Balaban J connectivity index is 1.90. The lowest BCUT2D eigenvalue weighted by Crippen LogP contribution is -2.41. The van der Waals surface area contributed by atoms with Gasteiger partial charge in [-0.2, -0.15) is 0 Å². The molecule has 0 radical (unpaired) electrons. The molecular formula is C16H21N3O3. The summed E-state index contributed by atoms with van der Waals surface area (Å²) >= 11 is 0. The summed E-state index contributed by atoms with van der Waals surface area (Å²) in [7, 11) is 2.03. The number of fused-ring (bicyclic) bond motifs is 1. The highest BCUT2D eigenvalue weighted by Crippen LogP contribution is 2.29. The van der Waals surface area contributed by atoms with Gasteiger partial charge in [0.05, 0.1) is 6.10 Å². The lowest BCUT2D eigenvalue weighted by Gasteiger charge is -2.15. The quantitative estimate of drug-likeness (QED) is 0.533. The fourth-order valence-electron chi connectivity index (χ4n) is 2.43. The molecule has 22 heavy (non-hydrogen) atoms. The Bertz CT molecular complexity index is 586. The Morgan fingerprint density at radius 2 is 2.14 bits per heavy atom. The van der Waals surface area contributed by atoms with Crippen molar-refractivity contribution in [2.24, 2.45) is 0 Å². The SMILES string of the molecule is C=CCNC(=O)C(=O)NCC(O)c1ccc2c(c1)CCN2C. The summed E-state index contributed by atoms with van der Waals surface area (Å²) in [6.45, 7) is 4.64. The van der Waals surface area contributed by atoms with Crippen LogP contribution in [0.1, 0.15) is 17.2 Å². The average molecular weight is 303 g/mol. The van der Waals surface area contributed by atoms with Gasteiger partial charge in [0.2, 0.25) is 0 Å². The van der Waals surface area contributed by atoms with Crippen molar-refractivity contribution in [1.29, 1.82) is 0 Å². The second-order valence-electron chi connectivity index (χ2n) is 5.28. The first kappa shape index (κ1) is 16.0. The van der Waals surface area contributed by atoms with Gasteiger partial charge < -0.3 is 20.6 Å². The third kappa shape index (κ3) is 3.65.